The molecule has 1 unspecified atom stereocenters. The molecule has 1 atom stereocenters. The van der Waals surface area contributed by atoms with Crippen LogP contribution >= 0.6 is 0 Å². The van der Waals surface area contributed by atoms with Crippen molar-refractivity contribution in [2.24, 2.45) is 5.92 Å². The molecule has 6 heteroatoms. The predicted molar refractivity (Wildman–Crippen MR) is 54.2 cm³/mol. The van der Waals surface area contributed by atoms with E-state index in [4.69, 9.17) is 5.11 Å². The van der Waals surface area contributed by atoms with Gasteiger partial charge in [-0.15, -0.1) is 0 Å². The van der Waals surface area contributed by atoms with Crippen molar-refractivity contribution in [3.63, 3.8) is 0 Å². The number of carboxylic acids is 1. The zero-order valence-electron chi connectivity index (χ0n) is 9.88. The quantitative estimate of drug-likeness (QED) is 0.803. The van der Waals surface area contributed by atoms with Gasteiger partial charge in [0.05, 0.1) is 6.54 Å². The fourth-order valence-corrected chi connectivity index (χ4v) is 1.62. The average Bonchev–Trinajstić information content (AvgIpc) is 1.98. The number of aliphatic carboxylic acids is 1. The Labute approximate surface area is 93.2 Å². The van der Waals surface area contributed by atoms with Gasteiger partial charge in [0.15, 0.2) is 0 Å². The third kappa shape index (κ3) is 4.83. The number of nitrogens with zero attached hydrogens (tertiary/aromatic N) is 1. The Kier molecular flexibility index (Phi) is 5.25. The Morgan fingerprint density at radius 2 is 1.69 bits per heavy atom. The van der Waals surface area contributed by atoms with E-state index in [1.54, 1.807) is 27.7 Å². The van der Waals surface area contributed by atoms with E-state index < -0.39 is 30.8 Å². The van der Waals surface area contributed by atoms with Gasteiger partial charge in [-0.05, 0) is 19.8 Å². The first-order chi connectivity index (χ1) is 7.06. The van der Waals surface area contributed by atoms with Crippen LogP contribution < -0.4 is 0 Å². The summed E-state index contributed by atoms with van der Waals surface area (Å²) in [5.74, 6) is -1.59. The second-order valence-corrected chi connectivity index (χ2v) is 4.41. The number of halogens is 3. The molecule has 0 bridgehead atoms. The molecule has 0 saturated carbocycles. The van der Waals surface area contributed by atoms with Crippen LogP contribution in [0.4, 0.5) is 13.2 Å². The minimum Gasteiger partial charge on any atom is -0.480 e. The van der Waals surface area contributed by atoms with Crippen LogP contribution in [0.25, 0.3) is 0 Å². The highest BCUT2D eigenvalue weighted by molar-refractivity contribution is 5.73. The fourth-order valence-electron chi connectivity index (χ4n) is 1.62. The van der Waals surface area contributed by atoms with E-state index in [0.29, 0.717) is 0 Å². The lowest BCUT2D eigenvalue weighted by atomic mass is 10.0. The molecule has 0 rings (SSSR count). The van der Waals surface area contributed by atoms with Gasteiger partial charge in [0.25, 0.3) is 0 Å². The molecule has 1 N–H and O–H groups in total. The van der Waals surface area contributed by atoms with Crippen molar-refractivity contribution < 1.29 is 23.1 Å². The maximum Gasteiger partial charge on any atom is 0.401 e. The molecule has 0 radical (unpaired) electrons. The molecule has 96 valence electrons. The second kappa shape index (κ2) is 5.52. The number of rotatable bonds is 5. The zero-order valence-corrected chi connectivity index (χ0v) is 9.88. The van der Waals surface area contributed by atoms with Crippen molar-refractivity contribution in [1.82, 2.24) is 4.90 Å². The molecule has 0 aliphatic rings. The molecule has 0 aromatic heterocycles. The minimum atomic E-state index is -4.38. The van der Waals surface area contributed by atoms with E-state index in [1.165, 1.54) is 0 Å². The molecule has 0 saturated heterocycles. The Morgan fingerprint density at radius 1 is 1.25 bits per heavy atom. The molecular weight excluding hydrogens is 223 g/mol. The van der Waals surface area contributed by atoms with Gasteiger partial charge >= 0.3 is 12.1 Å². The van der Waals surface area contributed by atoms with Crippen LogP contribution in [0.5, 0.6) is 0 Å². The molecule has 16 heavy (non-hydrogen) atoms. The summed E-state index contributed by atoms with van der Waals surface area (Å²) in [6, 6.07) is -1.58. The maximum absolute atomic E-state index is 12.3. The molecule has 0 aromatic carbocycles. The summed E-state index contributed by atoms with van der Waals surface area (Å²) >= 11 is 0. The van der Waals surface area contributed by atoms with Crippen molar-refractivity contribution in [2.75, 3.05) is 6.54 Å². The normalized spacial score (nSPS) is 14.9. The Balaban J connectivity index is 4.94. The number of hydrogen-bond donors (Lipinski definition) is 1. The third-order valence-corrected chi connectivity index (χ3v) is 2.27. The van der Waals surface area contributed by atoms with Gasteiger partial charge in [0, 0.05) is 6.04 Å². The monoisotopic (exact) mass is 241 g/mol. The van der Waals surface area contributed by atoms with Crippen molar-refractivity contribution in [3.05, 3.63) is 0 Å². The second-order valence-electron chi connectivity index (χ2n) is 4.41. The van der Waals surface area contributed by atoms with Crippen LogP contribution in [-0.4, -0.2) is 40.8 Å². The lowest BCUT2D eigenvalue weighted by Gasteiger charge is -2.34. The summed E-state index contributed by atoms with van der Waals surface area (Å²) < 4.78 is 37.0. The minimum absolute atomic E-state index is 0.373. The van der Waals surface area contributed by atoms with E-state index in [9.17, 15) is 18.0 Å². The standard InChI is InChI=1S/C10H18F3NO2/c1-6(2)8(9(15)16)14(7(3)4)5-10(11,12)13/h6-8H,5H2,1-4H3,(H,15,16). The van der Waals surface area contributed by atoms with E-state index >= 15 is 0 Å². The molecule has 0 aromatic rings. The lowest BCUT2D eigenvalue weighted by Crippen LogP contribution is -2.51. The van der Waals surface area contributed by atoms with Gasteiger partial charge in [-0.25, -0.2) is 0 Å². The molecule has 0 aliphatic heterocycles. The first kappa shape index (κ1) is 15.2. The van der Waals surface area contributed by atoms with Gasteiger partial charge in [-0.3, -0.25) is 9.69 Å². The average molecular weight is 241 g/mol. The van der Waals surface area contributed by atoms with Crippen molar-refractivity contribution >= 4 is 5.97 Å². The first-order valence-electron chi connectivity index (χ1n) is 5.11. The van der Waals surface area contributed by atoms with Crippen LogP contribution in [0, 0.1) is 5.92 Å². The molecule has 0 fully saturated rings. The lowest BCUT2D eigenvalue weighted by molar-refractivity contribution is -0.168. The smallest absolute Gasteiger partial charge is 0.401 e. The Morgan fingerprint density at radius 3 is 1.88 bits per heavy atom. The number of alkyl halides is 3. The van der Waals surface area contributed by atoms with Crippen molar-refractivity contribution in [3.8, 4) is 0 Å². The molecule has 0 amide bonds. The van der Waals surface area contributed by atoms with E-state index in [1.807, 2.05) is 0 Å². The van der Waals surface area contributed by atoms with E-state index in [0.717, 1.165) is 4.90 Å². The highest BCUT2D eigenvalue weighted by Gasteiger charge is 2.38. The summed E-state index contributed by atoms with van der Waals surface area (Å²) in [5.41, 5.74) is 0. The van der Waals surface area contributed by atoms with Gasteiger partial charge in [0.1, 0.15) is 6.04 Å². The van der Waals surface area contributed by atoms with Crippen molar-refractivity contribution in [2.45, 2.75) is 46.0 Å². The molecule has 0 aliphatic carbocycles. The molecular formula is C10H18F3NO2. The van der Waals surface area contributed by atoms with Crippen LogP contribution in [0.15, 0.2) is 0 Å². The van der Waals surface area contributed by atoms with Crippen LogP contribution in [0.3, 0.4) is 0 Å². The van der Waals surface area contributed by atoms with Gasteiger partial charge < -0.3 is 5.11 Å². The number of carbonyl (C=O) groups is 1. The number of carboxylic acid groups (broad SMARTS) is 1. The maximum atomic E-state index is 12.3. The summed E-state index contributed by atoms with van der Waals surface area (Å²) in [7, 11) is 0. The fraction of sp³-hybridized carbons (Fsp3) is 0.900. The summed E-state index contributed by atoms with van der Waals surface area (Å²) in [6.45, 7) is 5.13. The Hall–Kier alpha value is -0.780. The highest BCUT2D eigenvalue weighted by atomic mass is 19.4. The molecule has 0 heterocycles. The summed E-state index contributed by atoms with van der Waals surface area (Å²) in [6.07, 6.45) is -4.38. The van der Waals surface area contributed by atoms with Crippen molar-refractivity contribution in [1.29, 1.82) is 0 Å². The number of hydrogen-bond acceptors (Lipinski definition) is 2. The van der Waals surface area contributed by atoms with E-state index in [-0.39, 0.29) is 5.92 Å². The predicted octanol–water partition coefficient (Wildman–Crippen LogP) is 2.37. The molecule has 0 spiro atoms. The van der Waals surface area contributed by atoms with Crippen LogP contribution in [-0.2, 0) is 4.79 Å². The van der Waals surface area contributed by atoms with Gasteiger partial charge in [-0.1, -0.05) is 13.8 Å². The first-order valence-corrected chi connectivity index (χ1v) is 5.11. The topological polar surface area (TPSA) is 40.5 Å². The van der Waals surface area contributed by atoms with Crippen LogP contribution in [0.1, 0.15) is 27.7 Å². The zero-order chi connectivity index (χ0) is 13.1. The summed E-state index contributed by atoms with van der Waals surface area (Å²) in [4.78, 5) is 11.9. The Bertz CT molecular complexity index is 239. The van der Waals surface area contributed by atoms with Crippen LogP contribution in [0.2, 0.25) is 0 Å². The SMILES string of the molecule is CC(C)C(C(=O)O)N(CC(F)(F)F)C(C)C. The van der Waals surface area contributed by atoms with Gasteiger partial charge in [0.2, 0.25) is 0 Å². The highest BCUT2D eigenvalue weighted by Crippen LogP contribution is 2.22. The van der Waals surface area contributed by atoms with Gasteiger partial charge in [-0.2, -0.15) is 13.2 Å². The van der Waals surface area contributed by atoms with E-state index in [2.05, 4.69) is 0 Å². The molecule has 3 nitrogen and oxygen atoms in total. The third-order valence-electron chi connectivity index (χ3n) is 2.27. The summed E-state index contributed by atoms with van der Waals surface area (Å²) in [5, 5.41) is 8.95. The largest absolute Gasteiger partial charge is 0.480 e.